The first-order valence-electron chi connectivity index (χ1n) is 5.92. The lowest BCUT2D eigenvalue weighted by atomic mass is 10.1. The molecule has 1 rings (SSSR count). The fourth-order valence-corrected chi connectivity index (χ4v) is 1.68. The molecule has 0 aliphatic heterocycles. The Morgan fingerprint density at radius 3 is 2.44 bits per heavy atom. The number of nitrogens with zero attached hydrogens (tertiary/aromatic N) is 2. The maximum atomic E-state index is 12.3. The normalized spacial score (nSPS) is 11.0. The second kappa shape index (κ2) is 5.66. The maximum absolute atomic E-state index is 12.3. The van der Waals surface area contributed by atoms with E-state index in [-0.39, 0.29) is 23.3 Å². The van der Waals surface area contributed by atoms with Crippen LogP contribution in [0.5, 0.6) is 0 Å². The molecule has 6 nitrogen and oxygen atoms in total. The summed E-state index contributed by atoms with van der Waals surface area (Å²) in [4.78, 5) is 31.2. The van der Waals surface area contributed by atoms with Crippen molar-refractivity contribution < 1.29 is 14.7 Å². The van der Waals surface area contributed by atoms with E-state index in [0.29, 0.717) is 12.5 Å². The summed E-state index contributed by atoms with van der Waals surface area (Å²) in [6.45, 7) is 8.37. The van der Waals surface area contributed by atoms with Crippen LogP contribution in [0.2, 0.25) is 0 Å². The molecule has 100 valence electrons. The Balaban J connectivity index is 3.02. The van der Waals surface area contributed by atoms with Gasteiger partial charge in [0.15, 0.2) is 11.4 Å². The van der Waals surface area contributed by atoms with Crippen molar-refractivity contribution in [3.8, 4) is 0 Å². The number of imidazole rings is 1. The van der Waals surface area contributed by atoms with Gasteiger partial charge in [0.2, 0.25) is 0 Å². The van der Waals surface area contributed by atoms with Gasteiger partial charge in [-0.1, -0.05) is 13.8 Å². The quantitative estimate of drug-likeness (QED) is 0.834. The Hall–Kier alpha value is -1.85. The zero-order valence-electron chi connectivity index (χ0n) is 11.1. The monoisotopic (exact) mass is 253 g/mol. The number of amides is 1. The van der Waals surface area contributed by atoms with Gasteiger partial charge in [-0.25, -0.2) is 9.78 Å². The third kappa shape index (κ3) is 3.09. The first-order valence-corrected chi connectivity index (χ1v) is 5.92. The van der Waals surface area contributed by atoms with Crippen molar-refractivity contribution in [1.29, 1.82) is 0 Å². The third-order valence-electron chi connectivity index (χ3n) is 2.50. The van der Waals surface area contributed by atoms with Gasteiger partial charge in [-0.3, -0.25) is 4.79 Å². The maximum Gasteiger partial charge on any atom is 0.354 e. The minimum atomic E-state index is -1.18. The van der Waals surface area contributed by atoms with Crippen LogP contribution in [0, 0.1) is 5.92 Å². The molecule has 0 aliphatic rings. The van der Waals surface area contributed by atoms with E-state index in [1.165, 1.54) is 6.33 Å². The van der Waals surface area contributed by atoms with Crippen molar-refractivity contribution in [2.75, 3.05) is 6.54 Å². The second-order valence-electron chi connectivity index (χ2n) is 4.88. The molecule has 0 unspecified atom stereocenters. The standard InChI is InChI=1S/C12H19N3O3/c1-7(2)5-15(8(3)4)11(16)9-10(12(17)18)14-6-13-9/h6-8H,5H2,1-4H3,(H,13,14)(H,17,18). The highest BCUT2D eigenvalue weighted by Crippen LogP contribution is 2.12. The van der Waals surface area contributed by atoms with E-state index in [0.717, 1.165) is 0 Å². The summed E-state index contributed by atoms with van der Waals surface area (Å²) in [5.41, 5.74) is -0.189. The van der Waals surface area contributed by atoms with E-state index in [1.807, 2.05) is 27.7 Å². The number of aromatic amines is 1. The van der Waals surface area contributed by atoms with Gasteiger partial charge in [0, 0.05) is 12.6 Å². The van der Waals surface area contributed by atoms with Crippen LogP contribution in [0.25, 0.3) is 0 Å². The summed E-state index contributed by atoms with van der Waals surface area (Å²) in [6.07, 6.45) is 1.23. The number of H-pyrrole nitrogens is 1. The molecule has 6 heteroatoms. The van der Waals surface area contributed by atoms with Crippen LogP contribution >= 0.6 is 0 Å². The Bertz CT molecular complexity index is 438. The zero-order chi connectivity index (χ0) is 13.9. The van der Waals surface area contributed by atoms with E-state index in [9.17, 15) is 9.59 Å². The molecule has 1 aromatic heterocycles. The minimum absolute atomic E-state index is 0.00163. The minimum Gasteiger partial charge on any atom is -0.477 e. The van der Waals surface area contributed by atoms with Crippen molar-refractivity contribution in [3.63, 3.8) is 0 Å². The summed E-state index contributed by atoms with van der Waals surface area (Å²) in [7, 11) is 0. The molecule has 0 aliphatic carbocycles. The molecule has 18 heavy (non-hydrogen) atoms. The predicted molar refractivity (Wildman–Crippen MR) is 66.6 cm³/mol. The number of rotatable bonds is 5. The van der Waals surface area contributed by atoms with Gasteiger partial charge in [-0.15, -0.1) is 0 Å². The number of carbonyl (C=O) groups is 2. The second-order valence-corrected chi connectivity index (χ2v) is 4.88. The summed E-state index contributed by atoms with van der Waals surface area (Å²) < 4.78 is 0. The zero-order valence-corrected chi connectivity index (χ0v) is 11.1. The molecule has 1 aromatic rings. The Kier molecular flexibility index (Phi) is 4.47. The molecule has 0 bridgehead atoms. The van der Waals surface area contributed by atoms with Crippen molar-refractivity contribution in [2.24, 2.45) is 5.92 Å². The molecule has 2 N–H and O–H groups in total. The number of carboxylic acid groups (broad SMARTS) is 1. The Labute approximate surface area is 106 Å². The van der Waals surface area contributed by atoms with Gasteiger partial charge >= 0.3 is 5.97 Å². The lowest BCUT2D eigenvalue weighted by Crippen LogP contribution is -2.40. The lowest BCUT2D eigenvalue weighted by Gasteiger charge is -2.27. The van der Waals surface area contributed by atoms with Crippen LogP contribution < -0.4 is 0 Å². The molecule has 0 saturated heterocycles. The van der Waals surface area contributed by atoms with Crippen LogP contribution in [0.15, 0.2) is 6.33 Å². The highest BCUT2D eigenvalue weighted by Gasteiger charge is 2.26. The van der Waals surface area contributed by atoms with E-state index in [2.05, 4.69) is 9.97 Å². The molecule has 1 amide bonds. The molecule has 0 atom stereocenters. The van der Waals surface area contributed by atoms with Crippen molar-refractivity contribution in [3.05, 3.63) is 17.7 Å². The highest BCUT2D eigenvalue weighted by molar-refractivity contribution is 6.02. The van der Waals surface area contributed by atoms with E-state index >= 15 is 0 Å². The van der Waals surface area contributed by atoms with Crippen molar-refractivity contribution in [2.45, 2.75) is 33.7 Å². The molecule has 0 radical (unpaired) electrons. The van der Waals surface area contributed by atoms with Crippen LogP contribution in [-0.4, -0.2) is 44.4 Å². The molecular weight excluding hydrogens is 234 g/mol. The van der Waals surface area contributed by atoms with Crippen molar-refractivity contribution >= 4 is 11.9 Å². The highest BCUT2D eigenvalue weighted by atomic mass is 16.4. The summed E-state index contributed by atoms with van der Waals surface area (Å²) in [6, 6.07) is -0.00163. The number of carbonyl (C=O) groups excluding carboxylic acids is 1. The van der Waals surface area contributed by atoms with E-state index in [1.54, 1.807) is 4.90 Å². The first-order chi connectivity index (χ1) is 8.34. The van der Waals surface area contributed by atoms with Crippen LogP contribution in [0.1, 0.15) is 48.7 Å². The number of nitrogens with one attached hydrogen (secondary N) is 1. The molecule has 1 heterocycles. The Morgan fingerprint density at radius 1 is 1.39 bits per heavy atom. The van der Waals surface area contributed by atoms with Gasteiger partial charge in [0.25, 0.3) is 5.91 Å². The summed E-state index contributed by atoms with van der Waals surface area (Å²) >= 11 is 0. The van der Waals surface area contributed by atoms with Gasteiger partial charge in [0.05, 0.1) is 6.33 Å². The fourth-order valence-electron chi connectivity index (χ4n) is 1.68. The third-order valence-corrected chi connectivity index (χ3v) is 2.50. The van der Waals surface area contributed by atoms with Gasteiger partial charge in [-0.05, 0) is 19.8 Å². The van der Waals surface area contributed by atoms with E-state index in [4.69, 9.17) is 5.11 Å². The van der Waals surface area contributed by atoms with Gasteiger partial charge < -0.3 is 15.0 Å². The predicted octanol–water partition coefficient (Wildman–Crippen LogP) is 1.61. The largest absolute Gasteiger partial charge is 0.477 e. The Morgan fingerprint density at radius 2 is 2.00 bits per heavy atom. The number of hydrogen-bond acceptors (Lipinski definition) is 3. The number of aromatic carboxylic acids is 1. The SMILES string of the molecule is CC(C)CN(C(=O)c1nc[nH]c1C(=O)O)C(C)C. The fraction of sp³-hybridized carbons (Fsp3) is 0.583. The molecule has 0 saturated carbocycles. The van der Waals surface area contributed by atoms with Crippen LogP contribution in [0.4, 0.5) is 0 Å². The summed E-state index contributed by atoms with van der Waals surface area (Å²) in [5.74, 6) is -1.22. The average Bonchev–Trinajstić information content (AvgIpc) is 2.73. The molecule has 0 aromatic carbocycles. The van der Waals surface area contributed by atoms with E-state index < -0.39 is 5.97 Å². The van der Waals surface area contributed by atoms with Crippen LogP contribution in [0.3, 0.4) is 0 Å². The molecular formula is C12H19N3O3. The summed E-state index contributed by atoms with van der Waals surface area (Å²) in [5, 5.41) is 8.96. The number of hydrogen-bond donors (Lipinski definition) is 2. The van der Waals surface area contributed by atoms with Crippen LogP contribution in [-0.2, 0) is 0 Å². The topological polar surface area (TPSA) is 86.3 Å². The molecule has 0 spiro atoms. The molecule has 0 fully saturated rings. The van der Waals surface area contributed by atoms with Gasteiger partial charge in [0.1, 0.15) is 0 Å². The average molecular weight is 253 g/mol. The lowest BCUT2D eigenvalue weighted by molar-refractivity contribution is 0.0639. The van der Waals surface area contributed by atoms with Crippen molar-refractivity contribution in [1.82, 2.24) is 14.9 Å². The smallest absolute Gasteiger partial charge is 0.354 e. The number of carboxylic acids is 1. The first kappa shape index (κ1) is 14.2. The van der Waals surface area contributed by atoms with Gasteiger partial charge in [-0.2, -0.15) is 0 Å². The number of aromatic nitrogens is 2.